The number of aromatic nitrogens is 2. The maximum atomic E-state index is 13.2. The Morgan fingerprint density at radius 2 is 1.85 bits per heavy atom. The first kappa shape index (κ1) is 23.1. The van der Waals surface area contributed by atoms with E-state index < -0.39 is 0 Å². The lowest BCUT2D eigenvalue weighted by Crippen LogP contribution is -2.34. The number of hydrogen-bond donors (Lipinski definition) is 2. The van der Waals surface area contributed by atoms with Gasteiger partial charge < -0.3 is 10.6 Å². The zero-order valence-electron chi connectivity index (χ0n) is 19.5. The minimum absolute atomic E-state index is 0.0455. The predicted molar refractivity (Wildman–Crippen MR) is 136 cm³/mol. The molecule has 2 aromatic carbocycles. The quantitative estimate of drug-likeness (QED) is 0.501. The number of para-hydroxylation sites is 1. The van der Waals surface area contributed by atoms with Crippen LogP contribution in [0.4, 0.5) is 0 Å². The van der Waals surface area contributed by atoms with Gasteiger partial charge in [-0.15, -0.1) is 0 Å². The number of nitrogens with zero attached hydrogens (tertiary/aromatic N) is 3. The molecule has 7 heteroatoms. The van der Waals surface area contributed by atoms with Crippen molar-refractivity contribution >= 4 is 17.5 Å². The molecule has 1 aromatic heterocycles. The summed E-state index contributed by atoms with van der Waals surface area (Å²) in [6.07, 6.45) is 5.69. The SMILES string of the molecule is O=C(NCCCN1CCc2ccccc2C1)c1cnn(-c2ccccc2Cl)c1C1CCNCC1. The Hall–Kier alpha value is -2.67. The van der Waals surface area contributed by atoms with E-state index in [1.54, 1.807) is 6.20 Å². The molecule has 1 fully saturated rings. The van der Waals surface area contributed by atoms with Crippen LogP contribution in [0.3, 0.4) is 0 Å². The number of amides is 1. The molecule has 6 nitrogen and oxygen atoms in total. The smallest absolute Gasteiger partial charge is 0.254 e. The summed E-state index contributed by atoms with van der Waals surface area (Å²) in [5, 5.41) is 11.8. The van der Waals surface area contributed by atoms with Gasteiger partial charge in [-0.3, -0.25) is 9.69 Å². The van der Waals surface area contributed by atoms with E-state index in [0.29, 0.717) is 17.1 Å². The monoisotopic (exact) mass is 477 g/mol. The van der Waals surface area contributed by atoms with Gasteiger partial charge in [-0.25, -0.2) is 4.68 Å². The van der Waals surface area contributed by atoms with Crippen LogP contribution in [0, 0.1) is 0 Å². The minimum Gasteiger partial charge on any atom is -0.352 e. The van der Waals surface area contributed by atoms with Crippen molar-refractivity contribution in [2.24, 2.45) is 0 Å². The van der Waals surface area contributed by atoms with Gasteiger partial charge in [0.2, 0.25) is 0 Å². The van der Waals surface area contributed by atoms with E-state index >= 15 is 0 Å². The molecule has 0 saturated carbocycles. The van der Waals surface area contributed by atoms with Crippen LogP contribution >= 0.6 is 11.6 Å². The molecule has 0 spiro atoms. The second-order valence-electron chi connectivity index (χ2n) is 9.24. The normalized spacial score (nSPS) is 16.9. The van der Waals surface area contributed by atoms with Crippen molar-refractivity contribution in [2.75, 3.05) is 32.7 Å². The Kier molecular flexibility index (Phi) is 7.28. The number of nitrogens with one attached hydrogen (secondary N) is 2. The number of carbonyl (C=O) groups excluding carboxylic acids is 1. The first-order chi connectivity index (χ1) is 16.7. The second-order valence-corrected chi connectivity index (χ2v) is 9.64. The Bertz CT molecular complexity index is 1140. The van der Waals surface area contributed by atoms with E-state index in [-0.39, 0.29) is 11.8 Å². The van der Waals surface area contributed by atoms with Gasteiger partial charge in [0.25, 0.3) is 5.91 Å². The van der Waals surface area contributed by atoms with Crippen LogP contribution in [0.2, 0.25) is 5.02 Å². The molecule has 0 radical (unpaired) electrons. The first-order valence-electron chi connectivity index (χ1n) is 12.3. The summed E-state index contributed by atoms with van der Waals surface area (Å²) in [6.45, 7) is 5.59. The summed E-state index contributed by atoms with van der Waals surface area (Å²) >= 11 is 6.49. The summed E-state index contributed by atoms with van der Waals surface area (Å²) in [4.78, 5) is 15.7. The third-order valence-electron chi connectivity index (χ3n) is 7.00. The number of piperidine rings is 1. The van der Waals surface area contributed by atoms with Crippen LogP contribution in [0.25, 0.3) is 5.69 Å². The largest absolute Gasteiger partial charge is 0.352 e. The van der Waals surface area contributed by atoms with E-state index in [9.17, 15) is 4.79 Å². The Balaban J connectivity index is 1.24. The molecule has 34 heavy (non-hydrogen) atoms. The summed E-state index contributed by atoms with van der Waals surface area (Å²) in [7, 11) is 0. The van der Waals surface area contributed by atoms with Crippen LogP contribution < -0.4 is 10.6 Å². The molecule has 2 aliphatic rings. The van der Waals surface area contributed by atoms with E-state index in [1.165, 1.54) is 11.1 Å². The third-order valence-corrected chi connectivity index (χ3v) is 7.32. The van der Waals surface area contributed by atoms with Gasteiger partial charge in [0.05, 0.1) is 28.2 Å². The number of rotatable bonds is 7. The van der Waals surface area contributed by atoms with Crippen molar-refractivity contribution in [3.63, 3.8) is 0 Å². The third kappa shape index (κ3) is 5.04. The van der Waals surface area contributed by atoms with Gasteiger partial charge in [-0.2, -0.15) is 5.10 Å². The highest BCUT2D eigenvalue weighted by Gasteiger charge is 2.27. The van der Waals surface area contributed by atoms with Gasteiger partial charge in [0.1, 0.15) is 0 Å². The maximum Gasteiger partial charge on any atom is 0.254 e. The van der Waals surface area contributed by atoms with Crippen molar-refractivity contribution in [1.29, 1.82) is 0 Å². The molecule has 178 valence electrons. The molecule has 2 aliphatic heterocycles. The Morgan fingerprint density at radius 1 is 1.09 bits per heavy atom. The standard InChI is InChI=1S/C27H32ClN5O/c28-24-8-3-4-9-25(24)33-26(21-10-14-29-15-11-21)23(18-31-33)27(34)30-13-5-16-32-17-12-20-6-1-2-7-22(20)19-32/h1-4,6-9,18,21,29H,5,10-17,19H2,(H,30,34). The van der Waals surface area contributed by atoms with Crippen LogP contribution in [-0.4, -0.2) is 53.3 Å². The molecule has 1 amide bonds. The van der Waals surface area contributed by atoms with Gasteiger partial charge in [-0.05, 0) is 62.0 Å². The van der Waals surface area contributed by atoms with Gasteiger partial charge in [0.15, 0.2) is 0 Å². The highest BCUT2D eigenvalue weighted by atomic mass is 35.5. The van der Waals surface area contributed by atoms with Crippen molar-refractivity contribution < 1.29 is 4.79 Å². The van der Waals surface area contributed by atoms with Gasteiger partial charge >= 0.3 is 0 Å². The number of fused-ring (bicyclic) bond motifs is 1. The van der Waals surface area contributed by atoms with Crippen molar-refractivity contribution in [2.45, 2.75) is 38.1 Å². The molecular formula is C27H32ClN5O. The molecule has 3 heterocycles. The average molecular weight is 478 g/mol. The van der Waals surface area contributed by atoms with Crippen LogP contribution in [0.1, 0.15) is 52.4 Å². The number of carbonyl (C=O) groups is 1. The van der Waals surface area contributed by atoms with Crippen molar-refractivity contribution in [3.8, 4) is 5.69 Å². The first-order valence-corrected chi connectivity index (χ1v) is 12.7. The van der Waals surface area contributed by atoms with Crippen molar-refractivity contribution in [1.82, 2.24) is 25.3 Å². The summed E-state index contributed by atoms with van der Waals surface area (Å²) in [5.74, 6) is 0.227. The summed E-state index contributed by atoms with van der Waals surface area (Å²) < 4.78 is 1.87. The second kappa shape index (κ2) is 10.7. The Labute approximate surface area is 206 Å². The van der Waals surface area contributed by atoms with Crippen LogP contribution in [-0.2, 0) is 13.0 Å². The number of halogens is 1. The minimum atomic E-state index is -0.0455. The van der Waals surface area contributed by atoms with Gasteiger partial charge in [0, 0.05) is 32.1 Å². The molecule has 1 saturated heterocycles. The number of hydrogen-bond acceptors (Lipinski definition) is 4. The van der Waals surface area contributed by atoms with Crippen LogP contribution in [0.5, 0.6) is 0 Å². The molecule has 0 atom stereocenters. The summed E-state index contributed by atoms with van der Waals surface area (Å²) in [6, 6.07) is 16.4. The fraction of sp³-hybridized carbons (Fsp3) is 0.407. The van der Waals surface area contributed by atoms with Crippen molar-refractivity contribution in [3.05, 3.63) is 82.1 Å². The molecular weight excluding hydrogens is 446 g/mol. The molecule has 0 unspecified atom stereocenters. The van der Waals surface area contributed by atoms with Gasteiger partial charge in [-0.1, -0.05) is 48.0 Å². The highest BCUT2D eigenvalue weighted by Crippen LogP contribution is 2.32. The summed E-state index contributed by atoms with van der Waals surface area (Å²) in [5.41, 5.74) is 5.35. The predicted octanol–water partition coefficient (Wildman–Crippen LogP) is 4.17. The van der Waals surface area contributed by atoms with E-state index in [0.717, 1.165) is 69.8 Å². The molecule has 3 aromatic rings. The zero-order valence-corrected chi connectivity index (χ0v) is 20.2. The fourth-order valence-corrected chi connectivity index (χ4v) is 5.40. The fourth-order valence-electron chi connectivity index (χ4n) is 5.18. The molecule has 2 N–H and O–H groups in total. The zero-order chi connectivity index (χ0) is 23.3. The lowest BCUT2D eigenvalue weighted by Gasteiger charge is -2.28. The molecule has 0 aliphatic carbocycles. The molecule has 5 rings (SSSR count). The lowest BCUT2D eigenvalue weighted by molar-refractivity contribution is 0.0949. The van der Waals surface area contributed by atoms with E-state index in [2.05, 4.69) is 44.9 Å². The highest BCUT2D eigenvalue weighted by molar-refractivity contribution is 6.32. The maximum absolute atomic E-state index is 13.2. The lowest BCUT2D eigenvalue weighted by atomic mass is 9.91. The van der Waals surface area contributed by atoms with E-state index in [1.807, 2.05) is 28.9 Å². The van der Waals surface area contributed by atoms with E-state index in [4.69, 9.17) is 11.6 Å². The molecule has 0 bridgehead atoms. The topological polar surface area (TPSA) is 62.2 Å². The number of benzene rings is 2. The Morgan fingerprint density at radius 3 is 2.68 bits per heavy atom. The van der Waals surface area contributed by atoms with Crippen LogP contribution in [0.15, 0.2) is 54.7 Å². The average Bonchev–Trinajstić information content (AvgIpc) is 3.32.